The van der Waals surface area contributed by atoms with Gasteiger partial charge in [0.25, 0.3) is 0 Å². The number of rotatable bonds is 2. The molecule has 3 nitrogen and oxygen atoms in total. The van der Waals surface area contributed by atoms with Crippen LogP contribution in [0.5, 0.6) is 0 Å². The second kappa shape index (κ2) is 4.53. The Bertz CT molecular complexity index is 609. The maximum Gasteiger partial charge on any atom is 0.151 e. The van der Waals surface area contributed by atoms with Crippen LogP contribution in [0.1, 0.15) is 12.8 Å². The first-order valence-corrected chi connectivity index (χ1v) is 10.8. The van der Waals surface area contributed by atoms with Crippen molar-refractivity contribution in [2.45, 2.75) is 32.5 Å². The molecule has 102 valence electrons. The molecule has 0 radical (unpaired) electrons. The summed E-state index contributed by atoms with van der Waals surface area (Å²) < 4.78 is 2.07. The molecular weight excluding hydrogens is 274 g/mol. The molecule has 1 aliphatic rings. The van der Waals surface area contributed by atoms with Crippen molar-refractivity contribution in [2.24, 2.45) is 0 Å². The molecule has 0 amide bonds. The minimum absolute atomic E-state index is 0.850. The lowest BCUT2D eigenvalue weighted by atomic mass is 10.4. The molecule has 0 aliphatic carbocycles. The van der Waals surface area contributed by atoms with Crippen molar-refractivity contribution in [3.05, 3.63) is 23.2 Å². The minimum atomic E-state index is -1.52. The number of halogens is 1. The van der Waals surface area contributed by atoms with E-state index in [2.05, 4.69) is 41.2 Å². The van der Waals surface area contributed by atoms with E-state index in [-0.39, 0.29) is 0 Å². The monoisotopic (exact) mass is 293 g/mol. The van der Waals surface area contributed by atoms with Gasteiger partial charge < -0.3 is 4.90 Å². The van der Waals surface area contributed by atoms with Crippen LogP contribution in [0.3, 0.4) is 0 Å². The number of nitrogens with zero attached hydrogens (tertiary/aromatic N) is 3. The zero-order valence-corrected chi connectivity index (χ0v) is 13.5. The van der Waals surface area contributed by atoms with Gasteiger partial charge in [0.1, 0.15) is 8.07 Å². The summed E-state index contributed by atoms with van der Waals surface area (Å²) >= 11 is 6.42. The van der Waals surface area contributed by atoms with E-state index < -0.39 is 8.07 Å². The van der Waals surface area contributed by atoms with Crippen LogP contribution < -0.4 is 10.2 Å². The third-order valence-corrected chi connectivity index (χ3v) is 6.07. The highest BCUT2D eigenvalue weighted by Crippen LogP contribution is 2.22. The van der Waals surface area contributed by atoms with E-state index in [1.54, 1.807) is 0 Å². The molecule has 19 heavy (non-hydrogen) atoms. The van der Waals surface area contributed by atoms with Gasteiger partial charge in [-0.25, -0.2) is 4.52 Å². The second-order valence-corrected chi connectivity index (χ2v) is 11.7. The van der Waals surface area contributed by atoms with Crippen LogP contribution in [-0.4, -0.2) is 30.8 Å². The van der Waals surface area contributed by atoms with Gasteiger partial charge in [-0.1, -0.05) is 31.2 Å². The third-order valence-electron chi connectivity index (χ3n) is 3.70. The normalized spacial score (nSPS) is 16.5. The number of pyridine rings is 1. The van der Waals surface area contributed by atoms with Crippen molar-refractivity contribution in [3.63, 3.8) is 0 Å². The summed E-state index contributed by atoms with van der Waals surface area (Å²) in [5, 5.41) is 6.88. The van der Waals surface area contributed by atoms with Crippen LogP contribution in [0.2, 0.25) is 24.7 Å². The van der Waals surface area contributed by atoms with Crippen molar-refractivity contribution in [3.8, 4) is 0 Å². The van der Waals surface area contributed by atoms with E-state index in [0.29, 0.717) is 0 Å². The summed E-state index contributed by atoms with van der Waals surface area (Å²) in [7, 11) is -1.52. The number of hydrogen-bond acceptors (Lipinski definition) is 2. The van der Waals surface area contributed by atoms with E-state index in [1.165, 1.54) is 18.2 Å². The molecule has 1 aliphatic heterocycles. The fourth-order valence-corrected chi connectivity index (χ4v) is 5.40. The maximum atomic E-state index is 6.42. The average molecular weight is 294 g/mol. The van der Waals surface area contributed by atoms with Crippen LogP contribution in [0.15, 0.2) is 18.2 Å². The molecule has 0 N–H and O–H groups in total. The Morgan fingerprint density at radius 1 is 1.16 bits per heavy atom. The number of anilines is 1. The van der Waals surface area contributed by atoms with Crippen LogP contribution >= 0.6 is 11.6 Å². The molecule has 5 heteroatoms. The quantitative estimate of drug-likeness (QED) is 0.793. The van der Waals surface area contributed by atoms with Crippen LogP contribution in [-0.2, 0) is 0 Å². The molecule has 0 bridgehead atoms. The predicted octanol–water partition coefficient (Wildman–Crippen LogP) is 3.13. The summed E-state index contributed by atoms with van der Waals surface area (Å²) in [6, 6.07) is 6.27. The standard InChI is InChI=1S/C14H20ClN3Si/c1-19(2,3)14-12(15)7-6-11-10-13(16-18(11)14)17-8-4-5-9-17/h6-7,10H,4-5,8-9H2,1-3H3. The molecule has 0 unspecified atom stereocenters. The minimum Gasteiger partial charge on any atom is -0.355 e. The Hall–Kier alpha value is -1.00. The zero-order valence-electron chi connectivity index (χ0n) is 11.8. The van der Waals surface area contributed by atoms with E-state index in [1.807, 2.05) is 6.07 Å². The summed E-state index contributed by atoms with van der Waals surface area (Å²) in [4.78, 5) is 2.37. The van der Waals surface area contributed by atoms with E-state index >= 15 is 0 Å². The van der Waals surface area contributed by atoms with E-state index in [9.17, 15) is 0 Å². The highest BCUT2D eigenvalue weighted by atomic mass is 35.5. The average Bonchev–Trinajstić information content (AvgIpc) is 2.94. The third kappa shape index (κ3) is 2.27. The second-order valence-electron chi connectivity index (χ2n) is 6.31. The molecule has 3 rings (SSSR count). The molecule has 2 aromatic heterocycles. The van der Waals surface area contributed by atoms with Gasteiger partial charge in [0, 0.05) is 24.5 Å². The van der Waals surface area contributed by atoms with Crippen LogP contribution in [0, 0.1) is 0 Å². The molecule has 0 aromatic carbocycles. The fraction of sp³-hybridized carbons (Fsp3) is 0.500. The Morgan fingerprint density at radius 3 is 2.47 bits per heavy atom. The first-order valence-electron chi connectivity index (χ1n) is 6.90. The Kier molecular flexibility index (Phi) is 3.10. The molecular formula is C14H20ClN3Si. The zero-order chi connectivity index (χ0) is 13.6. The molecule has 1 saturated heterocycles. The summed E-state index contributed by atoms with van der Waals surface area (Å²) in [6.45, 7) is 9.18. The van der Waals surface area contributed by atoms with Gasteiger partial charge in [0.15, 0.2) is 5.82 Å². The Balaban J connectivity index is 2.17. The topological polar surface area (TPSA) is 20.5 Å². The number of fused-ring (bicyclic) bond motifs is 1. The lowest BCUT2D eigenvalue weighted by Gasteiger charge is -2.19. The van der Waals surface area contributed by atoms with Crippen LogP contribution in [0.25, 0.3) is 5.52 Å². The first-order chi connectivity index (χ1) is 8.97. The molecule has 1 fully saturated rings. The predicted molar refractivity (Wildman–Crippen MR) is 84.6 cm³/mol. The lowest BCUT2D eigenvalue weighted by Crippen LogP contribution is -2.43. The summed E-state index contributed by atoms with van der Waals surface area (Å²) in [5.41, 5.74) is 1.16. The highest BCUT2D eigenvalue weighted by molar-refractivity contribution is 6.89. The summed E-state index contributed by atoms with van der Waals surface area (Å²) in [5.74, 6) is 1.10. The van der Waals surface area contributed by atoms with E-state index in [0.717, 1.165) is 29.4 Å². The number of aromatic nitrogens is 2. The van der Waals surface area contributed by atoms with Gasteiger partial charge in [0.2, 0.25) is 0 Å². The van der Waals surface area contributed by atoms with Crippen molar-refractivity contribution in [1.82, 2.24) is 9.61 Å². The molecule has 3 heterocycles. The first kappa shape index (κ1) is 13.0. The lowest BCUT2D eigenvalue weighted by molar-refractivity contribution is 0.893. The van der Waals surface area contributed by atoms with Gasteiger partial charge in [-0.05, 0) is 25.0 Å². The molecule has 0 atom stereocenters. The van der Waals surface area contributed by atoms with Crippen molar-refractivity contribution >= 4 is 36.3 Å². The highest BCUT2D eigenvalue weighted by Gasteiger charge is 2.25. The molecule has 0 spiro atoms. The van der Waals surface area contributed by atoms with Crippen LogP contribution in [0.4, 0.5) is 5.82 Å². The van der Waals surface area contributed by atoms with Crippen molar-refractivity contribution in [1.29, 1.82) is 0 Å². The van der Waals surface area contributed by atoms with Crippen molar-refractivity contribution < 1.29 is 0 Å². The van der Waals surface area contributed by atoms with Gasteiger partial charge in [0.05, 0.1) is 10.5 Å². The molecule has 2 aromatic rings. The largest absolute Gasteiger partial charge is 0.355 e. The SMILES string of the molecule is C[Si](C)(C)c1c(Cl)ccc2cc(N3CCCC3)nn12. The number of hydrogen-bond donors (Lipinski definition) is 0. The molecule has 0 saturated carbocycles. The smallest absolute Gasteiger partial charge is 0.151 e. The van der Waals surface area contributed by atoms with Gasteiger partial charge in [-0.3, -0.25) is 0 Å². The van der Waals surface area contributed by atoms with Gasteiger partial charge >= 0.3 is 0 Å². The Labute approximate surface area is 120 Å². The van der Waals surface area contributed by atoms with Crippen molar-refractivity contribution in [2.75, 3.05) is 18.0 Å². The van der Waals surface area contributed by atoms with Gasteiger partial charge in [-0.2, -0.15) is 5.10 Å². The Morgan fingerprint density at radius 2 is 1.84 bits per heavy atom. The summed E-state index contributed by atoms with van der Waals surface area (Å²) in [6.07, 6.45) is 2.55. The van der Waals surface area contributed by atoms with E-state index in [4.69, 9.17) is 16.7 Å². The van der Waals surface area contributed by atoms with Gasteiger partial charge in [-0.15, -0.1) is 0 Å². The fourth-order valence-electron chi connectivity index (χ4n) is 2.80. The maximum absolute atomic E-state index is 6.42.